The van der Waals surface area contributed by atoms with E-state index in [-0.39, 0.29) is 0 Å². The molecule has 0 atom stereocenters. The van der Waals surface area contributed by atoms with E-state index in [1.54, 1.807) is 11.8 Å². The first-order valence-corrected chi connectivity index (χ1v) is 9.23. The molecule has 0 aliphatic heterocycles. The minimum absolute atomic E-state index is 0.488. The highest BCUT2D eigenvalue weighted by Gasteiger charge is 2.23. The van der Waals surface area contributed by atoms with Gasteiger partial charge in [-0.2, -0.15) is 4.98 Å². The van der Waals surface area contributed by atoms with E-state index in [4.69, 9.17) is 11.6 Å². The van der Waals surface area contributed by atoms with E-state index in [0.717, 1.165) is 15.6 Å². The summed E-state index contributed by atoms with van der Waals surface area (Å²) in [6, 6.07) is 10.8. The van der Waals surface area contributed by atoms with Gasteiger partial charge in [-0.1, -0.05) is 65.0 Å². The van der Waals surface area contributed by atoms with Crippen LogP contribution in [-0.4, -0.2) is 21.0 Å². The second-order valence-corrected chi connectivity index (χ2v) is 7.46. The van der Waals surface area contributed by atoms with Crippen molar-refractivity contribution in [2.75, 3.05) is 5.32 Å². The number of anilines is 1. The SMILES string of the molecule is Clc1nc(SCc2ccccc2)nc2nc(NC3CC3)sc12. The molecule has 2 heterocycles. The van der Waals surface area contributed by atoms with Crippen LogP contribution in [0.1, 0.15) is 18.4 Å². The van der Waals surface area contributed by atoms with Crippen molar-refractivity contribution in [3.8, 4) is 0 Å². The molecule has 1 saturated carbocycles. The Morgan fingerprint density at radius 1 is 1.18 bits per heavy atom. The molecule has 22 heavy (non-hydrogen) atoms. The fraction of sp³-hybridized carbons (Fsp3) is 0.267. The number of nitrogens with zero attached hydrogens (tertiary/aromatic N) is 3. The van der Waals surface area contributed by atoms with Gasteiger partial charge >= 0.3 is 0 Å². The summed E-state index contributed by atoms with van der Waals surface area (Å²) in [5, 5.41) is 5.43. The van der Waals surface area contributed by atoms with Crippen LogP contribution in [0.15, 0.2) is 35.5 Å². The lowest BCUT2D eigenvalue weighted by molar-refractivity contribution is 0.993. The van der Waals surface area contributed by atoms with Gasteiger partial charge in [0.2, 0.25) is 0 Å². The molecule has 0 radical (unpaired) electrons. The summed E-state index contributed by atoms with van der Waals surface area (Å²) in [6.07, 6.45) is 2.43. The zero-order valence-electron chi connectivity index (χ0n) is 11.6. The Bertz CT molecular complexity index is 802. The summed E-state index contributed by atoms with van der Waals surface area (Å²) in [5.41, 5.74) is 1.92. The molecule has 4 nitrogen and oxygen atoms in total. The Balaban J connectivity index is 1.55. The molecule has 1 aliphatic carbocycles. The maximum Gasteiger partial charge on any atom is 0.191 e. The predicted molar refractivity (Wildman–Crippen MR) is 92.9 cm³/mol. The third-order valence-electron chi connectivity index (χ3n) is 3.31. The highest BCUT2D eigenvalue weighted by atomic mass is 35.5. The third-order valence-corrected chi connectivity index (χ3v) is 5.59. The van der Waals surface area contributed by atoms with Crippen molar-refractivity contribution in [2.45, 2.75) is 29.8 Å². The molecule has 1 aromatic carbocycles. The Kier molecular flexibility index (Phi) is 3.90. The Morgan fingerprint density at radius 2 is 2.00 bits per heavy atom. The Labute approximate surface area is 141 Å². The number of nitrogens with one attached hydrogen (secondary N) is 1. The minimum Gasteiger partial charge on any atom is -0.359 e. The van der Waals surface area contributed by atoms with Crippen molar-refractivity contribution in [3.05, 3.63) is 41.0 Å². The molecule has 1 aliphatic rings. The number of hydrogen-bond donors (Lipinski definition) is 1. The van der Waals surface area contributed by atoms with Gasteiger partial charge in [-0.25, -0.2) is 9.97 Å². The Hall–Kier alpha value is -1.37. The molecule has 2 aromatic heterocycles. The first kappa shape index (κ1) is 14.2. The highest BCUT2D eigenvalue weighted by molar-refractivity contribution is 7.98. The number of aromatic nitrogens is 3. The average molecular weight is 349 g/mol. The zero-order valence-corrected chi connectivity index (χ0v) is 14.0. The van der Waals surface area contributed by atoms with Crippen LogP contribution < -0.4 is 5.32 Å². The number of halogens is 1. The van der Waals surface area contributed by atoms with Gasteiger partial charge in [0.25, 0.3) is 0 Å². The number of fused-ring (bicyclic) bond motifs is 1. The van der Waals surface area contributed by atoms with Crippen LogP contribution in [0.25, 0.3) is 10.3 Å². The van der Waals surface area contributed by atoms with Crippen LogP contribution >= 0.6 is 34.7 Å². The van der Waals surface area contributed by atoms with Crippen LogP contribution in [0.4, 0.5) is 5.13 Å². The summed E-state index contributed by atoms with van der Waals surface area (Å²) in [4.78, 5) is 13.4. The topological polar surface area (TPSA) is 50.7 Å². The van der Waals surface area contributed by atoms with E-state index in [1.165, 1.54) is 29.7 Å². The maximum atomic E-state index is 6.29. The van der Waals surface area contributed by atoms with Crippen molar-refractivity contribution in [3.63, 3.8) is 0 Å². The van der Waals surface area contributed by atoms with Gasteiger partial charge in [-0.3, -0.25) is 0 Å². The summed E-state index contributed by atoms with van der Waals surface area (Å²) >= 11 is 9.39. The summed E-state index contributed by atoms with van der Waals surface area (Å²) in [5.74, 6) is 0.819. The van der Waals surface area contributed by atoms with Gasteiger partial charge < -0.3 is 5.32 Å². The standard InChI is InChI=1S/C15H13ClN4S2/c16-12-11-13(20-15(22-11)17-10-6-7-10)19-14(18-12)21-8-9-4-2-1-3-5-9/h1-5,10H,6-8H2,(H,17,18,19,20). The normalized spacial score (nSPS) is 14.4. The maximum absolute atomic E-state index is 6.29. The van der Waals surface area contributed by atoms with E-state index in [9.17, 15) is 0 Å². The molecule has 0 amide bonds. The van der Waals surface area contributed by atoms with E-state index in [1.807, 2.05) is 18.2 Å². The number of rotatable bonds is 5. The molecule has 3 aromatic rings. The van der Waals surface area contributed by atoms with E-state index < -0.39 is 0 Å². The van der Waals surface area contributed by atoms with Gasteiger partial charge in [0.1, 0.15) is 4.70 Å². The second kappa shape index (κ2) is 6.02. The quantitative estimate of drug-likeness (QED) is 0.414. The van der Waals surface area contributed by atoms with Gasteiger partial charge in [0.05, 0.1) is 0 Å². The van der Waals surface area contributed by atoms with E-state index in [0.29, 0.717) is 22.0 Å². The second-order valence-electron chi connectivity index (χ2n) is 5.16. The lowest BCUT2D eigenvalue weighted by Gasteiger charge is -2.01. The molecular formula is C15H13ClN4S2. The molecule has 4 rings (SSSR count). The number of benzene rings is 1. The first-order valence-electron chi connectivity index (χ1n) is 7.05. The van der Waals surface area contributed by atoms with Crippen LogP contribution in [0.3, 0.4) is 0 Å². The molecule has 0 saturated heterocycles. The number of hydrogen-bond acceptors (Lipinski definition) is 6. The molecule has 1 fully saturated rings. The number of thiazole rings is 1. The first-order chi connectivity index (χ1) is 10.8. The van der Waals surface area contributed by atoms with Crippen LogP contribution in [0, 0.1) is 0 Å². The lowest BCUT2D eigenvalue weighted by Crippen LogP contribution is -1.99. The van der Waals surface area contributed by atoms with Gasteiger partial charge in [-0.05, 0) is 18.4 Å². The lowest BCUT2D eigenvalue weighted by atomic mass is 10.2. The van der Waals surface area contributed by atoms with Crippen molar-refractivity contribution in [1.82, 2.24) is 15.0 Å². The van der Waals surface area contributed by atoms with Crippen molar-refractivity contribution in [1.29, 1.82) is 0 Å². The molecular weight excluding hydrogens is 336 g/mol. The molecule has 0 spiro atoms. The van der Waals surface area contributed by atoms with E-state index in [2.05, 4.69) is 32.4 Å². The Morgan fingerprint density at radius 3 is 2.77 bits per heavy atom. The minimum atomic E-state index is 0.488. The number of thioether (sulfide) groups is 1. The molecule has 112 valence electrons. The van der Waals surface area contributed by atoms with Crippen molar-refractivity contribution in [2.24, 2.45) is 0 Å². The molecule has 7 heteroatoms. The van der Waals surface area contributed by atoms with Crippen LogP contribution in [-0.2, 0) is 5.75 Å². The molecule has 0 bridgehead atoms. The van der Waals surface area contributed by atoms with Gasteiger partial charge in [0, 0.05) is 11.8 Å². The van der Waals surface area contributed by atoms with Crippen LogP contribution in [0.2, 0.25) is 5.15 Å². The summed E-state index contributed by atoms with van der Waals surface area (Å²) in [6.45, 7) is 0. The highest BCUT2D eigenvalue weighted by Crippen LogP contribution is 2.34. The fourth-order valence-corrected chi connectivity index (χ4v) is 4.01. The smallest absolute Gasteiger partial charge is 0.191 e. The predicted octanol–water partition coefficient (Wildman–Crippen LogP) is 4.61. The van der Waals surface area contributed by atoms with Crippen molar-refractivity contribution >= 4 is 50.2 Å². The van der Waals surface area contributed by atoms with Gasteiger partial charge in [0.15, 0.2) is 21.1 Å². The molecule has 0 unspecified atom stereocenters. The fourth-order valence-electron chi connectivity index (χ4n) is 2.02. The molecule has 1 N–H and O–H groups in total. The van der Waals surface area contributed by atoms with Gasteiger partial charge in [-0.15, -0.1) is 0 Å². The monoisotopic (exact) mass is 348 g/mol. The van der Waals surface area contributed by atoms with Crippen LogP contribution in [0.5, 0.6) is 0 Å². The summed E-state index contributed by atoms with van der Waals surface area (Å²) < 4.78 is 0.855. The third kappa shape index (κ3) is 3.19. The van der Waals surface area contributed by atoms with Crippen molar-refractivity contribution < 1.29 is 0 Å². The zero-order chi connectivity index (χ0) is 14.9. The van der Waals surface area contributed by atoms with E-state index >= 15 is 0 Å². The average Bonchev–Trinajstić information content (AvgIpc) is 3.24. The largest absolute Gasteiger partial charge is 0.359 e. The summed E-state index contributed by atoms with van der Waals surface area (Å²) in [7, 11) is 0.